The molecule has 1 unspecified atom stereocenters. The molecule has 0 fully saturated rings. The van der Waals surface area contributed by atoms with Gasteiger partial charge in [-0.1, -0.05) is 18.5 Å². The van der Waals surface area contributed by atoms with E-state index in [4.69, 9.17) is 26.1 Å². The Morgan fingerprint density at radius 2 is 2.13 bits per heavy atom. The number of hydrogen-bond acceptors (Lipinski definition) is 6. The number of aromatic nitrogens is 3. The highest BCUT2D eigenvalue weighted by molar-refractivity contribution is 6.38. The van der Waals surface area contributed by atoms with Gasteiger partial charge >= 0.3 is 5.97 Å². The first-order chi connectivity index (χ1) is 14.4. The maximum atomic E-state index is 11.8. The average molecular weight is 429 g/mol. The van der Waals surface area contributed by atoms with Gasteiger partial charge in [0, 0.05) is 48.5 Å². The van der Waals surface area contributed by atoms with Crippen LogP contribution in [0.1, 0.15) is 44.1 Å². The fourth-order valence-corrected chi connectivity index (χ4v) is 4.34. The van der Waals surface area contributed by atoms with Crippen LogP contribution in [0.15, 0.2) is 18.2 Å². The number of imidazole rings is 1. The molecule has 30 heavy (non-hydrogen) atoms. The molecule has 1 aliphatic heterocycles. The van der Waals surface area contributed by atoms with E-state index < -0.39 is 6.10 Å². The lowest BCUT2D eigenvalue weighted by atomic mass is 9.96. The van der Waals surface area contributed by atoms with E-state index in [9.17, 15) is 4.79 Å². The van der Waals surface area contributed by atoms with E-state index in [1.54, 1.807) is 7.11 Å². The number of benzene rings is 1. The van der Waals surface area contributed by atoms with Crippen LogP contribution in [0.4, 0.5) is 5.95 Å². The number of aryl methyl sites for hydroxylation is 2. The summed E-state index contributed by atoms with van der Waals surface area (Å²) >= 11 is 6.90. The molecule has 0 amide bonds. The summed E-state index contributed by atoms with van der Waals surface area (Å²) in [6.07, 6.45) is 1.24. The second-order valence-electron chi connectivity index (χ2n) is 7.38. The van der Waals surface area contributed by atoms with Crippen LogP contribution in [-0.2, 0) is 16.1 Å². The van der Waals surface area contributed by atoms with E-state index in [-0.39, 0.29) is 5.97 Å². The van der Waals surface area contributed by atoms with Gasteiger partial charge in [-0.2, -0.15) is 0 Å². The lowest BCUT2D eigenvalue weighted by molar-refractivity contribution is -0.146. The summed E-state index contributed by atoms with van der Waals surface area (Å²) in [5.74, 6) is 1.02. The Balaban J connectivity index is 2.01. The van der Waals surface area contributed by atoms with Crippen molar-refractivity contribution in [3.8, 4) is 17.0 Å². The van der Waals surface area contributed by atoms with Gasteiger partial charge in [0.25, 0.3) is 0 Å². The van der Waals surface area contributed by atoms with Crippen molar-refractivity contribution in [1.82, 2.24) is 14.5 Å². The smallest absolute Gasteiger partial charge is 0.303 e. The van der Waals surface area contributed by atoms with Crippen molar-refractivity contribution in [2.75, 3.05) is 19.0 Å². The first-order valence-electron chi connectivity index (χ1n) is 10.1. The summed E-state index contributed by atoms with van der Waals surface area (Å²) in [5.41, 5.74) is 5.02. The highest BCUT2D eigenvalue weighted by Gasteiger charge is 2.27. The van der Waals surface area contributed by atoms with Crippen LogP contribution in [0, 0.1) is 6.92 Å². The topological polar surface area (TPSA) is 78.3 Å². The standard InChI is InChI=1S/C22H25ClN4O3/c1-5-17(30-13(3)28)16-11-15(14-7-8-18(29-4)25-12(14)2)19(23)20-21(16)27-10-6-9-24-22(27)26-20/h7-8,11,17H,5-6,9-10H2,1-4H3,(H,24,26). The van der Waals surface area contributed by atoms with Gasteiger partial charge in [-0.3, -0.25) is 4.79 Å². The van der Waals surface area contributed by atoms with Crippen LogP contribution in [0.3, 0.4) is 0 Å². The first kappa shape index (κ1) is 20.5. The molecule has 0 saturated carbocycles. The predicted molar refractivity (Wildman–Crippen MR) is 117 cm³/mol. The number of anilines is 1. The Morgan fingerprint density at radius 3 is 2.80 bits per heavy atom. The second kappa shape index (κ2) is 8.14. The molecular formula is C22H25ClN4O3. The molecule has 8 heteroatoms. The van der Waals surface area contributed by atoms with Gasteiger partial charge in [-0.05, 0) is 31.9 Å². The van der Waals surface area contributed by atoms with Crippen LogP contribution in [-0.4, -0.2) is 34.2 Å². The lowest BCUT2D eigenvalue weighted by Crippen LogP contribution is -2.18. The number of esters is 1. The fourth-order valence-electron chi connectivity index (χ4n) is 4.05. The van der Waals surface area contributed by atoms with Crippen LogP contribution in [0.5, 0.6) is 5.88 Å². The molecule has 0 radical (unpaired) electrons. The lowest BCUT2D eigenvalue weighted by Gasteiger charge is -2.22. The minimum Gasteiger partial charge on any atom is -0.481 e. The Kier molecular flexibility index (Phi) is 5.56. The zero-order valence-electron chi connectivity index (χ0n) is 17.6. The number of rotatable bonds is 5. The summed E-state index contributed by atoms with van der Waals surface area (Å²) < 4.78 is 13.0. The van der Waals surface area contributed by atoms with Crippen LogP contribution >= 0.6 is 11.6 Å². The maximum absolute atomic E-state index is 11.8. The SMILES string of the molecule is CCC(OC(C)=O)c1cc(-c2ccc(OC)nc2C)c(Cl)c2nc3n(c12)CCCN3. The molecule has 3 heterocycles. The van der Waals surface area contributed by atoms with E-state index in [0.717, 1.165) is 53.4 Å². The number of pyridine rings is 1. The Hall–Kier alpha value is -2.80. The van der Waals surface area contributed by atoms with E-state index in [1.165, 1.54) is 6.92 Å². The summed E-state index contributed by atoms with van der Waals surface area (Å²) in [4.78, 5) is 21.1. The average Bonchev–Trinajstić information content (AvgIpc) is 3.13. The van der Waals surface area contributed by atoms with Crippen molar-refractivity contribution >= 4 is 34.6 Å². The Bertz CT molecular complexity index is 1130. The number of carbonyl (C=O) groups excluding carboxylic acids is 1. The Labute approximate surface area is 180 Å². The van der Waals surface area contributed by atoms with Gasteiger partial charge in [0.2, 0.25) is 11.8 Å². The largest absolute Gasteiger partial charge is 0.481 e. The number of ether oxygens (including phenoxy) is 2. The number of nitrogens with one attached hydrogen (secondary N) is 1. The highest BCUT2D eigenvalue weighted by atomic mass is 35.5. The van der Waals surface area contributed by atoms with Gasteiger partial charge in [0.05, 0.1) is 17.6 Å². The Morgan fingerprint density at radius 1 is 1.33 bits per heavy atom. The zero-order valence-corrected chi connectivity index (χ0v) is 18.3. The molecule has 158 valence electrons. The number of carbonyl (C=O) groups is 1. The first-order valence-corrected chi connectivity index (χ1v) is 10.5. The number of halogens is 1. The van der Waals surface area contributed by atoms with E-state index in [2.05, 4.69) is 14.9 Å². The van der Waals surface area contributed by atoms with Crippen LogP contribution in [0.25, 0.3) is 22.2 Å². The van der Waals surface area contributed by atoms with Crippen molar-refractivity contribution in [3.63, 3.8) is 0 Å². The molecule has 3 aromatic rings. The van der Waals surface area contributed by atoms with Gasteiger partial charge in [-0.25, -0.2) is 9.97 Å². The van der Waals surface area contributed by atoms with E-state index in [0.29, 0.717) is 22.8 Å². The van der Waals surface area contributed by atoms with Gasteiger partial charge in [0.15, 0.2) is 0 Å². The molecule has 4 rings (SSSR count). The van der Waals surface area contributed by atoms with E-state index in [1.807, 2.05) is 32.0 Å². The quantitative estimate of drug-likeness (QED) is 0.582. The van der Waals surface area contributed by atoms with Crippen molar-refractivity contribution < 1.29 is 14.3 Å². The molecule has 1 aromatic carbocycles. The van der Waals surface area contributed by atoms with Gasteiger partial charge in [0.1, 0.15) is 11.6 Å². The van der Waals surface area contributed by atoms with E-state index >= 15 is 0 Å². The molecule has 1 aliphatic rings. The number of fused-ring (bicyclic) bond motifs is 3. The summed E-state index contributed by atoms with van der Waals surface area (Å²) in [6, 6.07) is 5.77. The molecular weight excluding hydrogens is 404 g/mol. The number of hydrogen-bond donors (Lipinski definition) is 1. The predicted octanol–water partition coefficient (Wildman–Crippen LogP) is 4.90. The summed E-state index contributed by atoms with van der Waals surface area (Å²) in [5, 5.41) is 3.91. The van der Waals surface area contributed by atoms with Gasteiger partial charge in [-0.15, -0.1) is 0 Å². The summed E-state index contributed by atoms with van der Waals surface area (Å²) in [6.45, 7) is 7.05. The third-order valence-electron chi connectivity index (χ3n) is 5.41. The molecule has 0 saturated heterocycles. The van der Waals surface area contributed by atoms with Crippen molar-refractivity contribution in [3.05, 3.63) is 34.5 Å². The van der Waals surface area contributed by atoms with Crippen molar-refractivity contribution in [1.29, 1.82) is 0 Å². The normalized spacial score (nSPS) is 14.2. The minimum atomic E-state index is -0.393. The zero-order chi connectivity index (χ0) is 21.4. The maximum Gasteiger partial charge on any atom is 0.303 e. The minimum absolute atomic E-state index is 0.315. The summed E-state index contributed by atoms with van der Waals surface area (Å²) in [7, 11) is 1.59. The molecule has 7 nitrogen and oxygen atoms in total. The van der Waals surface area contributed by atoms with Gasteiger partial charge < -0.3 is 19.4 Å². The second-order valence-corrected chi connectivity index (χ2v) is 7.76. The van der Waals surface area contributed by atoms with Crippen molar-refractivity contribution in [2.24, 2.45) is 0 Å². The fraction of sp³-hybridized carbons (Fsp3) is 0.409. The monoisotopic (exact) mass is 428 g/mol. The van der Waals surface area contributed by atoms with Crippen molar-refractivity contribution in [2.45, 2.75) is 46.3 Å². The number of methoxy groups -OCH3 is 1. The third-order valence-corrected chi connectivity index (χ3v) is 5.79. The molecule has 1 N–H and O–H groups in total. The molecule has 0 spiro atoms. The highest BCUT2D eigenvalue weighted by Crippen LogP contribution is 2.42. The molecule has 0 bridgehead atoms. The number of nitrogens with zero attached hydrogens (tertiary/aromatic N) is 3. The third kappa shape index (κ3) is 3.47. The molecule has 0 aliphatic carbocycles. The van der Waals surface area contributed by atoms with Crippen LogP contribution in [0.2, 0.25) is 5.02 Å². The molecule has 1 atom stereocenters. The van der Waals surface area contributed by atoms with Crippen LogP contribution < -0.4 is 10.1 Å². The molecule has 2 aromatic heterocycles.